The zero-order valence-corrected chi connectivity index (χ0v) is 13.9. The Morgan fingerprint density at radius 2 is 1.90 bits per heavy atom. The highest BCUT2D eigenvalue weighted by molar-refractivity contribution is 9.10. The normalized spacial score (nSPS) is 11.2. The minimum atomic E-state index is -0.845. The van der Waals surface area contributed by atoms with Gasteiger partial charge in [0.1, 0.15) is 0 Å². The molecule has 110 valence electrons. The fourth-order valence-electron chi connectivity index (χ4n) is 1.50. The average Bonchev–Trinajstić information content (AvgIpc) is 2.36. The molecule has 1 aromatic carbocycles. The van der Waals surface area contributed by atoms with Gasteiger partial charge in [-0.2, -0.15) is 0 Å². The minimum absolute atomic E-state index is 0.0700. The second-order valence-electron chi connectivity index (χ2n) is 4.82. The summed E-state index contributed by atoms with van der Waals surface area (Å²) in [4.78, 5) is 23.5. The van der Waals surface area contributed by atoms with Gasteiger partial charge >= 0.3 is 5.97 Å². The lowest BCUT2D eigenvalue weighted by Gasteiger charge is -2.23. The number of benzene rings is 1. The number of aliphatic carboxylic acids is 1. The van der Waals surface area contributed by atoms with Crippen molar-refractivity contribution in [1.29, 1.82) is 0 Å². The standard InChI is InChI=1S/C14H18BrNO3S/c1-14(2,13(19)16-9-3-4-12(17)18)20-11-7-5-10(15)6-8-11/h5-8H,3-4,9H2,1-2H3,(H,16,19)(H,17,18). The van der Waals surface area contributed by atoms with E-state index in [1.165, 1.54) is 11.8 Å². The van der Waals surface area contributed by atoms with Crippen molar-refractivity contribution in [3.63, 3.8) is 0 Å². The second kappa shape index (κ2) is 7.69. The van der Waals surface area contributed by atoms with Crippen LogP contribution in [0.1, 0.15) is 26.7 Å². The van der Waals surface area contributed by atoms with Gasteiger partial charge in [-0.15, -0.1) is 11.8 Å². The van der Waals surface area contributed by atoms with Crippen LogP contribution in [0.5, 0.6) is 0 Å². The van der Waals surface area contributed by atoms with Crippen molar-refractivity contribution in [3.8, 4) is 0 Å². The van der Waals surface area contributed by atoms with Gasteiger partial charge in [0.2, 0.25) is 5.91 Å². The Hall–Kier alpha value is -1.01. The summed E-state index contributed by atoms with van der Waals surface area (Å²) in [5.74, 6) is -0.932. The van der Waals surface area contributed by atoms with E-state index in [-0.39, 0.29) is 12.3 Å². The lowest BCUT2D eigenvalue weighted by Crippen LogP contribution is -2.40. The molecule has 0 fully saturated rings. The SMILES string of the molecule is CC(C)(Sc1ccc(Br)cc1)C(=O)NCCCC(=O)O. The Bertz CT molecular complexity index is 474. The summed E-state index contributed by atoms with van der Waals surface area (Å²) < 4.78 is 0.398. The summed E-state index contributed by atoms with van der Waals surface area (Å²) >= 11 is 4.85. The molecule has 1 rings (SSSR count). The molecule has 0 atom stereocenters. The Morgan fingerprint density at radius 1 is 1.30 bits per heavy atom. The Balaban J connectivity index is 2.48. The zero-order chi connectivity index (χ0) is 15.2. The number of carboxylic acid groups (broad SMARTS) is 1. The van der Waals surface area contributed by atoms with Crippen molar-refractivity contribution in [2.24, 2.45) is 0 Å². The van der Waals surface area contributed by atoms with Crippen LogP contribution in [0.25, 0.3) is 0 Å². The zero-order valence-electron chi connectivity index (χ0n) is 11.5. The van der Waals surface area contributed by atoms with Gasteiger partial charge in [0, 0.05) is 22.3 Å². The van der Waals surface area contributed by atoms with E-state index >= 15 is 0 Å². The van der Waals surface area contributed by atoms with Crippen molar-refractivity contribution in [2.45, 2.75) is 36.3 Å². The molecule has 0 radical (unpaired) electrons. The van der Waals surface area contributed by atoms with Crippen LogP contribution in [0.4, 0.5) is 0 Å². The van der Waals surface area contributed by atoms with E-state index in [0.717, 1.165) is 9.37 Å². The first kappa shape index (κ1) is 17.0. The largest absolute Gasteiger partial charge is 0.481 e. The van der Waals surface area contributed by atoms with Crippen LogP contribution >= 0.6 is 27.7 Å². The highest BCUT2D eigenvalue weighted by atomic mass is 79.9. The molecule has 6 heteroatoms. The smallest absolute Gasteiger partial charge is 0.303 e. The van der Waals surface area contributed by atoms with Crippen LogP contribution < -0.4 is 5.32 Å². The monoisotopic (exact) mass is 359 g/mol. The molecule has 20 heavy (non-hydrogen) atoms. The van der Waals surface area contributed by atoms with Gasteiger partial charge in [-0.05, 0) is 44.5 Å². The van der Waals surface area contributed by atoms with Gasteiger partial charge in [0.25, 0.3) is 0 Å². The molecular weight excluding hydrogens is 342 g/mol. The van der Waals surface area contributed by atoms with Crippen LogP contribution in [0, 0.1) is 0 Å². The maximum atomic E-state index is 12.1. The number of carboxylic acids is 1. The summed E-state index contributed by atoms with van der Waals surface area (Å²) in [5.41, 5.74) is 0. The molecule has 0 heterocycles. The van der Waals surface area contributed by atoms with E-state index in [1.807, 2.05) is 38.1 Å². The molecule has 1 amide bonds. The molecule has 0 spiro atoms. The number of thioether (sulfide) groups is 1. The first-order chi connectivity index (χ1) is 9.31. The van der Waals surface area contributed by atoms with E-state index in [0.29, 0.717) is 13.0 Å². The van der Waals surface area contributed by atoms with E-state index in [2.05, 4.69) is 21.2 Å². The van der Waals surface area contributed by atoms with Crippen molar-refractivity contribution >= 4 is 39.6 Å². The lowest BCUT2D eigenvalue weighted by atomic mass is 10.2. The number of halogens is 1. The van der Waals surface area contributed by atoms with Gasteiger partial charge < -0.3 is 10.4 Å². The Kier molecular flexibility index (Phi) is 6.55. The number of nitrogens with one attached hydrogen (secondary N) is 1. The van der Waals surface area contributed by atoms with Crippen LogP contribution in [-0.4, -0.2) is 28.3 Å². The predicted octanol–water partition coefficient (Wildman–Crippen LogP) is 3.30. The molecular formula is C14H18BrNO3S. The molecule has 0 unspecified atom stereocenters. The fraction of sp³-hybridized carbons (Fsp3) is 0.429. The van der Waals surface area contributed by atoms with Crippen LogP contribution in [0.15, 0.2) is 33.6 Å². The fourth-order valence-corrected chi connectivity index (χ4v) is 2.79. The van der Waals surface area contributed by atoms with Crippen molar-refractivity contribution in [3.05, 3.63) is 28.7 Å². The summed E-state index contributed by atoms with van der Waals surface area (Å²) in [7, 11) is 0. The van der Waals surface area contributed by atoms with Gasteiger partial charge in [0.15, 0.2) is 0 Å². The second-order valence-corrected chi connectivity index (χ2v) is 7.43. The van der Waals surface area contributed by atoms with Gasteiger partial charge in [-0.25, -0.2) is 0 Å². The summed E-state index contributed by atoms with van der Waals surface area (Å²) in [5, 5.41) is 11.3. The van der Waals surface area contributed by atoms with Gasteiger partial charge in [0.05, 0.1) is 4.75 Å². The number of hydrogen-bond donors (Lipinski definition) is 2. The van der Waals surface area contributed by atoms with Crippen molar-refractivity contribution in [2.75, 3.05) is 6.54 Å². The van der Waals surface area contributed by atoms with Gasteiger partial charge in [-0.3, -0.25) is 9.59 Å². The molecule has 0 saturated heterocycles. The van der Waals surface area contributed by atoms with Crippen LogP contribution in [0.2, 0.25) is 0 Å². The molecule has 0 bridgehead atoms. The molecule has 1 aromatic rings. The molecule has 4 nitrogen and oxygen atoms in total. The van der Waals surface area contributed by atoms with E-state index in [4.69, 9.17) is 5.11 Å². The highest BCUT2D eigenvalue weighted by Crippen LogP contribution is 2.33. The maximum absolute atomic E-state index is 12.1. The maximum Gasteiger partial charge on any atom is 0.303 e. The quantitative estimate of drug-likeness (QED) is 0.578. The van der Waals surface area contributed by atoms with Crippen LogP contribution in [-0.2, 0) is 9.59 Å². The summed E-state index contributed by atoms with van der Waals surface area (Å²) in [6.07, 6.45) is 0.515. The molecule has 0 aliphatic rings. The van der Waals surface area contributed by atoms with E-state index in [1.54, 1.807) is 0 Å². The Morgan fingerprint density at radius 3 is 2.45 bits per heavy atom. The molecule has 2 N–H and O–H groups in total. The van der Waals surface area contributed by atoms with Crippen LogP contribution in [0.3, 0.4) is 0 Å². The molecule has 0 aliphatic carbocycles. The number of rotatable bonds is 7. The first-order valence-corrected chi connectivity index (χ1v) is 7.87. The van der Waals surface area contributed by atoms with E-state index < -0.39 is 10.7 Å². The minimum Gasteiger partial charge on any atom is -0.481 e. The lowest BCUT2D eigenvalue weighted by molar-refractivity contribution is -0.137. The number of carbonyl (C=O) groups excluding carboxylic acids is 1. The summed E-state index contributed by atoms with van der Waals surface area (Å²) in [6.45, 7) is 4.09. The summed E-state index contributed by atoms with van der Waals surface area (Å²) in [6, 6.07) is 7.77. The average molecular weight is 360 g/mol. The predicted molar refractivity (Wildman–Crippen MR) is 84.0 cm³/mol. The third kappa shape index (κ3) is 5.96. The highest BCUT2D eigenvalue weighted by Gasteiger charge is 2.28. The third-order valence-corrected chi connectivity index (χ3v) is 4.32. The molecule has 0 aromatic heterocycles. The topological polar surface area (TPSA) is 66.4 Å². The van der Waals surface area contributed by atoms with E-state index in [9.17, 15) is 9.59 Å². The molecule has 0 saturated carbocycles. The Labute approximate surface area is 131 Å². The third-order valence-electron chi connectivity index (χ3n) is 2.59. The van der Waals surface area contributed by atoms with Crippen molar-refractivity contribution < 1.29 is 14.7 Å². The van der Waals surface area contributed by atoms with Crippen molar-refractivity contribution in [1.82, 2.24) is 5.32 Å². The number of amides is 1. The van der Waals surface area contributed by atoms with Gasteiger partial charge in [-0.1, -0.05) is 15.9 Å². The first-order valence-electron chi connectivity index (χ1n) is 6.26. The number of carbonyl (C=O) groups is 2. The number of hydrogen-bond acceptors (Lipinski definition) is 3. The molecule has 0 aliphatic heterocycles.